The smallest absolute Gasteiger partial charge is 0.215 e. The Morgan fingerprint density at radius 3 is 2.28 bits per heavy atom. The van der Waals surface area contributed by atoms with E-state index in [0.29, 0.717) is 11.6 Å². The van der Waals surface area contributed by atoms with Crippen LogP contribution in [0.1, 0.15) is 12.0 Å². The van der Waals surface area contributed by atoms with Gasteiger partial charge in [-0.05, 0) is 54.9 Å². The van der Waals surface area contributed by atoms with Gasteiger partial charge in [0, 0.05) is 43.4 Å². The minimum Gasteiger partial charge on any atom is -0.497 e. The molecule has 1 heterocycles. The molecule has 0 aromatic heterocycles. The number of ether oxygens (including phenoxy) is 1. The molecule has 0 spiro atoms. The van der Waals surface area contributed by atoms with Gasteiger partial charge in [-0.25, -0.2) is 13.1 Å². The summed E-state index contributed by atoms with van der Waals surface area (Å²) in [5, 5.41) is 0.603. The van der Waals surface area contributed by atoms with Gasteiger partial charge in [-0.2, -0.15) is 0 Å². The molecular formula is C21H28ClN3O3S. The van der Waals surface area contributed by atoms with E-state index >= 15 is 0 Å². The van der Waals surface area contributed by atoms with Crippen molar-refractivity contribution < 1.29 is 13.2 Å². The number of nitrogens with one attached hydrogen (secondary N) is 1. The molecule has 0 radical (unpaired) electrons. The number of benzene rings is 2. The first-order valence-corrected chi connectivity index (χ1v) is 11.8. The molecule has 29 heavy (non-hydrogen) atoms. The normalized spacial score (nSPS) is 15.4. The van der Waals surface area contributed by atoms with Gasteiger partial charge in [-0.1, -0.05) is 23.7 Å². The summed E-state index contributed by atoms with van der Waals surface area (Å²) in [7, 11) is -1.66. The maximum atomic E-state index is 12.2. The van der Waals surface area contributed by atoms with Gasteiger partial charge in [-0.3, -0.25) is 4.90 Å². The van der Waals surface area contributed by atoms with Gasteiger partial charge in [-0.15, -0.1) is 0 Å². The zero-order chi connectivity index (χ0) is 20.7. The average Bonchev–Trinajstić information content (AvgIpc) is 2.73. The molecule has 0 unspecified atom stereocenters. The molecule has 0 bridgehead atoms. The monoisotopic (exact) mass is 437 g/mol. The Kier molecular flexibility index (Phi) is 7.77. The van der Waals surface area contributed by atoms with Gasteiger partial charge in [0.15, 0.2) is 0 Å². The maximum absolute atomic E-state index is 12.2. The van der Waals surface area contributed by atoms with E-state index < -0.39 is 10.0 Å². The molecule has 158 valence electrons. The molecule has 2 aromatic rings. The summed E-state index contributed by atoms with van der Waals surface area (Å²) < 4.78 is 32.3. The lowest BCUT2D eigenvalue weighted by atomic mass is 10.2. The molecule has 1 fully saturated rings. The first kappa shape index (κ1) is 21.9. The lowest BCUT2D eigenvalue weighted by molar-refractivity contribution is 0.255. The van der Waals surface area contributed by atoms with Crippen molar-refractivity contribution in [1.29, 1.82) is 0 Å². The SMILES string of the molecule is COc1ccc(N2CCN(CCCNS(=O)(=O)Cc3ccc(Cl)cc3)CC2)cc1. The molecule has 6 nitrogen and oxygen atoms in total. The Balaban J connectivity index is 1.35. The van der Waals surface area contributed by atoms with Gasteiger partial charge < -0.3 is 9.64 Å². The van der Waals surface area contributed by atoms with Gasteiger partial charge in [0.05, 0.1) is 12.9 Å². The minimum absolute atomic E-state index is 0.0231. The van der Waals surface area contributed by atoms with Crippen LogP contribution in [-0.4, -0.2) is 59.7 Å². The fourth-order valence-corrected chi connectivity index (χ4v) is 4.72. The zero-order valence-corrected chi connectivity index (χ0v) is 18.3. The largest absolute Gasteiger partial charge is 0.497 e. The van der Waals surface area contributed by atoms with E-state index in [2.05, 4.69) is 26.7 Å². The van der Waals surface area contributed by atoms with Crippen molar-refractivity contribution in [1.82, 2.24) is 9.62 Å². The molecule has 1 saturated heterocycles. The quantitative estimate of drug-likeness (QED) is 0.611. The number of nitrogens with zero attached hydrogens (tertiary/aromatic N) is 2. The summed E-state index contributed by atoms with van der Waals surface area (Å²) in [6.07, 6.45) is 0.794. The molecule has 0 atom stereocenters. The third-order valence-electron chi connectivity index (χ3n) is 5.05. The molecule has 3 rings (SSSR count). The van der Waals surface area contributed by atoms with E-state index in [0.717, 1.165) is 50.5 Å². The van der Waals surface area contributed by atoms with E-state index in [4.69, 9.17) is 16.3 Å². The third-order valence-corrected chi connectivity index (χ3v) is 6.66. The number of sulfonamides is 1. The number of anilines is 1. The number of hydrogen-bond donors (Lipinski definition) is 1. The predicted octanol–water partition coefficient (Wildman–Crippen LogP) is 2.98. The number of hydrogen-bond acceptors (Lipinski definition) is 5. The van der Waals surface area contributed by atoms with Crippen LogP contribution in [0.15, 0.2) is 48.5 Å². The maximum Gasteiger partial charge on any atom is 0.215 e. The fraction of sp³-hybridized carbons (Fsp3) is 0.429. The Bertz CT molecular complexity index is 865. The fourth-order valence-electron chi connectivity index (χ4n) is 3.40. The molecule has 0 aliphatic carbocycles. The second kappa shape index (κ2) is 10.3. The topological polar surface area (TPSA) is 61.9 Å². The standard InChI is InChI=1S/C21H28ClN3O3S/c1-28-21-9-7-20(8-10-21)25-15-13-24(14-16-25)12-2-11-23-29(26,27)17-18-3-5-19(22)6-4-18/h3-10,23H,2,11-17H2,1H3. The Hall–Kier alpha value is -1.80. The Labute approximate surface area is 178 Å². The number of rotatable bonds is 9. The van der Waals surface area contributed by atoms with E-state index in [9.17, 15) is 8.42 Å². The first-order valence-electron chi connectivity index (χ1n) is 9.78. The number of methoxy groups -OCH3 is 1. The van der Waals surface area contributed by atoms with Crippen LogP contribution >= 0.6 is 11.6 Å². The highest BCUT2D eigenvalue weighted by Gasteiger charge is 2.17. The minimum atomic E-state index is -3.33. The summed E-state index contributed by atoms with van der Waals surface area (Å²) in [6, 6.07) is 15.0. The summed E-state index contributed by atoms with van der Waals surface area (Å²) >= 11 is 5.84. The number of piperazine rings is 1. The second-order valence-corrected chi connectivity index (χ2v) is 9.40. The highest BCUT2D eigenvalue weighted by atomic mass is 35.5. The Morgan fingerprint density at radius 1 is 1.00 bits per heavy atom. The van der Waals surface area contributed by atoms with Crippen LogP contribution in [0, 0.1) is 0 Å². The van der Waals surface area contributed by atoms with Crippen molar-refractivity contribution in [2.75, 3.05) is 51.3 Å². The van der Waals surface area contributed by atoms with Crippen LogP contribution in [0.4, 0.5) is 5.69 Å². The first-order chi connectivity index (χ1) is 13.9. The van der Waals surface area contributed by atoms with E-state index in [-0.39, 0.29) is 5.75 Å². The molecule has 1 N–H and O–H groups in total. The van der Waals surface area contributed by atoms with Gasteiger partial charge >= 0.3 is 0 Å². The van der Waals surface area contributed by atoms with Crippen molar-refractivity contribution >= 4 is 27.3 Å². The lowest BCUT2D eigenvalue weighted by Crippen LogP contribution is -2.47. The van der Waals surface area contributed by atoms with Crippen LogP contribution in [0.3, 0.4) is 0 Å². The zero-order valence-electron chi connectivity index (χ0n) is 16.7. The van der Waals surface area contributed by atoms with E-state index in [1.165, 1.54) is 5.69 Å². The van der Waals surface area contributed by atoms with Gasteiger partial charge in [0.25, 0.3) is 0 Å². The second-order valence-electron chi connectivity index (χ2n) is 7.16. The van der Waals surface area contributed by atoms with E-state index in [1.54, 1.807) is 31.4 Å². The summed E-state index contributed by atoms with van der Waals surface area (Å²) in [4.78, 5) is 4.75. The van der Waals surface area contributed by atoms with Crippen LogP contribution in [0.25, 0.3) is 0 Å². The van der Waals surface area contributed by atoms with Crippen molar-refractivity contribution in [3.63, 3.8) is 0 Å². The van der Waals surface area contributed by atoms with Crippen LogP contribution < -0.4 is 14.4 Å². The third kappa shape index (κ3) is 6.89. The van der Waals surface area contributed by atoms with Gasteiger partial charge in [0.1, 0.15) is 5.75 Å². The molecule has 1 aliphatic heterocycles. The van der Waals surface area contributed by atoms with Crippen LogP contribution in [-0.2, 0) is 15.8 Å². The molecule has 2 aromatic carbocycles. The molecule has 0 saturated carbocycles. The highest BCUT2D eigenvalue weighted by Crippen LogP contribution is 2.20. The Morgan fingerprint density at radius 2 is 1.66 bits per heavy atom. The highest BCUT2D eigenvalue weighted by molar-refractivity contribution is 7.88. The van der Waals surface area contributed by atoms with Crippen molar-refractivity contribution in [2.45, 2.75) is 12.2 Å². The lowest BCUT2D eigenvalue weighted by Gasteiger charge is -2.36. The van der Waals surface area contributed by atoms with Crippen molar-refractivity contribution in [3.05, 3.63) is 59.1 Å². The molecule has 1 aliphatic rings. The predicted molar refractivity (Wildman–Crippen MR) is 118 cm³/mol. The molecule has 8 heteroatoms. The van der Waals surface area contributed by atoms with Gasteiger partial charge in [0.2, 0.25) is 10.0 Å². The average molecular weight is 438 g/mol. The van der Waals surface area contributed by atoms with E-state index in [1.807, 2.05) is 12.1 Å². The summed E-state index contributed by atoms with van der Waals surface area (Å²) in [5.74, 6) is 0.843. The van der Waals surface area contributed by atoms with Crippen molar-refractivity contribution in [2.24, 2.45) is 0 Å². The molecule has 0 amide bonds. The number of halogens is 1. The summed E-state index contributed by atoms with van der Waals surface area (Å²) in [6.45, 7) is 5.23. The van der Waals surface area contributed by atoms with Crippen LogP contribution in [0.2, 0.25) is 5.02 Å². The molecular weight excluding hydrogens is 410 g/mol. The summed E-state index contributed by atoms with van der Waals surface area (Å²) in [5.41, 5.74) is 1.94. The van der Waals surface area contributed by atoms with Crippen molar-refractivity contribution in [3.8, 4) is 5.75 Å². The van der Waals surface area contributed by atoms with Crippen LogP contribution in [0.5, 0.6) is 5.75 Å².